The summed E-state index contributed by atoms with van der Waals surface area (Å²) in [6.45, 7) is 14.5. The highest BCUT2D eigenvalue weighted by molar-refractivity contribution is 5.89. The Hall–Kier alpha value is -2.17. The molecule has 0 saturated heterocycles. The van der Waals surface area contributed by atoms with Crippen LogP contribution in [-0.2, 0) is 28.5 Å². The summed E-state index contributed by atoms with van der Waals surface area (Å²) in [4.78, 5) is 12.3. The van der Waals surface area contributed by atoms with Gasteiger partial charge in [-0.3, -0.25) is 0 Å². The van der Waals surface area contributed by atoms with E-state index in [0.717, 1.165) is 25.0 Å². The van der Waals surface area contributed by atoms with E-state index in [1.54, 1.807) is 0 Å². The van der Waals surface area contributed by atoms with Crippen LogP contribution < -0.4 is 0 Å². The number of benzene rings is 1. The summed E-state index contributed by atoms with van der Waals surface area (Å²) in [6.07, 6.45) is 6.65. The molecule has 0 radical (unpaired) electrons. The molecule has 1 aliphatic carbocycles. The molecule has 5 nitrogen and oxygen atoms in total. The van der Waals surface area contributed by atoms with E-state index in [2.05, 4.69) is 49.7 Å². The Labute approximate surface area is 181 Å². The fraction of sp³-hybridized carbons (Fsp3) is 0.640. The fourth-order valence-electron chi connectivity index (χ4n) is 4.35. The molecule has 1 heterocycles. The second-order valence-corrected chi connectivity index (χ2v) is 11.0. The molecule has 0 amide bonds. The van der Waals surface area contributed by atoms with Crippen molar-refractivity contribution in [3.63, 3.8) is 0 Å². The van der Waals surface area contributed by atoms with E-state index in [4.69, 9.17) is 9.84 Å². The largest absolute Gasteiger partial charge is 0.456 e. The maximum Gasteiger partial charge on any atom is 0.338 e. The Bertz CT molecular complexity index is 885. The Balaban J connectivity index is 1.87. The summed E-state index contributed by atoms with van der Waals surface area (Å²) in [7, 11) is 0. The number of esters is 1. The smallest absolute Gasteiger partial charge is 0.338 e. The molecule has 1 atom stereocenters. The minimum atomic E-state index is -0.489. The van der Waals surface area contributed by atoms with Gasteiger partial charge in [-0.15, -0.1) is 5.10 Å². The number of rotatable bonds is 3. The highest BCUT2D eigenvalue weighted by Crippen LogP contribution is 2.38. The SMILES string of the molecule is CC(C)(C)OC(=O)c1ccc(CC2(C)CCCCCc3c2nnn3C(C)(C)C)cc1. The van der Waals surface area contributed by atoms with Crippen molar-refractivity contribution in [3.05, 3.63) is 46.8 Å². The molecule has 1 unspecified atom stereocenters. The Morgan fingerprint density at radius 3 is 2.33 bits per heavy atom. The van der Waals surface area contributed by atoms with Crippen LogP contribution in [0.5, 0.6) is 0 Å². The van der Waals surface area contributed by atoms with Crippen LogP contribution >= 0.6 is 0 Å². The molecule has 164 valence electrons. The van der Waals surface area contributed by atoms with Crippen LogP contribution in [0.1, 0.15) is 101 Å². The highest BCUT2D eigenvalue weighted by Gasteiger charge is 2.36. The van der Waals surface area contributed by atoms with Crippen molar-refractivity contribution in [1.82, 2.24) is 15.0 Å². The first kappa shape index (κ1) is 22.5. The minimum Gasteiger partial charge on any atom is -0.456 e. The van der Waals surface area contributed by atoms with Crippen LogP contribution in [0.2, 0.25) is 0 Å². The Morgan fingerprint density at radius 2 is 1.73 bits per heavy atom. The van der Waals surface area contributed by atoms with Crippen LogP contribution in [0, 0.1) is 0 Å². The van der Waals surface area contributed by atoms with Gasteiger partial charge in [0.1, 0.15) is 5.60 Å². The van der Waals surface area contributed by atoms with Gasteiger partial charge in [0, 0.05) is 5.41 Å². The summed E-state index contributed by atoms with van der Waals surface area (Å²) in [6, 6.07) is 7.86. The molecule has 0 saturated carbocycles. The van der Waals surface area contributed by atoms with Crippen molar-refractivity contribution < 1.29 is 9.53 Å². The second kappa shape index (κ2) is 8.16. The average molecular weight is 412 g/mol. The van der Waals surface area contributed by atoms with E-state index in [1.807, 2.05) is 32.9 Å². The fourth-order valence-corrected chi connectivity index (χ4v) is 4.35. The maximum atomic E-state index is 12.3. The third-order valence-electron chi connectivity index (χ3n) is 5.80. The lowest BCUT2D eigenvalue weighted by atomic mass is 9.74. The molecule has 5 heteroatoms. The molecular weight excluding hydrogens is 374 g/mol. The second-order valence-electron chi connectivity index (χ2n) is 11.0. The van der Waals surface area contributed by atoms with Gasteiger partial charge in [-0.1, -0.05) is 37.1 Å². The first-order valence-electron chi connectivity index (χ1n) is 11.2. The summed E-state index contributed by atoms with van der Waals surface area (Å²) in [5.74, 6) is -0.276. The van der Waals surface area contributed by atoms with Gasteiger partial charge in [0.15, 0.2) is 0 Å². The maximum absolute atomic E-state index is 12.3. The molecule has 0 aliphatic heterocycles. The van der Waals surface area contributed by atoms with Gasteiger partial charge < -0.3 is 4.74 Å². The standard InChI is InChI=1S/C25H37N3O2/c1-23(2,3)28-20-11-9-8-10-16-25(7,21(20)26-27-28)17-18-12-14-19(15-13-18)22(29)30-24(4,5)6/h12-15H,8-11,16-17H2,1-7H3. The summed E-state index contributed by atoms with van der Waals surface area (Å²) < 4.78 is 7.61. The molecule has 30 heavy (non-hydrogen) atoms. The molecule has 0 bridgehead atoms. The number of hydrogen-bond donors (Lipinski definition) is 0. The van der Waals surface area contributed by atoms with Gasteiger partial charge in [0.2, 0.25) is 0 Å². The van der Waals surface area contributed by atoms with E-state index in [-0.39, 0.29) is 16.9 Å². The van der Waals surface area contributed by atoms with Gasteiger partial charge >= 0.3 is 5.97 Å². The topological polar surface area (TPSA) is 57.0 Å². The van der Waals surface area contributed by atoms with Crippen molar-refractivity contribution in [3.8, 4) is 0 Å². The molecule has 0 fully saturated rings. The lowest BCUT2D eigenvalue weighted by molar-refractivity contribution is 0.00695. The quantitative estimate of drug-likeness (QED) is 0.616. The number of carbonyl (C=O) groups excluding carboxylic acids is 1. The Kier molecular flexibility index (Phi) is 6.13. The normalized spacial score (nSPS) is 20.2. The van der Waals surface area contributed by atoms with E-state index < -0.39 is 5.60 Å². The number of aromatic nitrogens is 3. The highest BCUT2D eigenvalue weighted by atomic mass is 16.6. The molecule has 1 aromatic heterocycles. The third kappa shape index (κ3) is 5.11. The van der Waals surface area contributed by atoms with Gasteiger partial charge in [0.25, 0.3) is 0 Å². The van der Waals surface area contributed by atoms with Crippen LogP contribution in [-0.4, -0.2) is 26.6 Å². The summed E-state index contributed by atoms with van der Waals surface area (Å²) in [5.41, 5.74) is 3.61. The number of carbonyl (C=O) groups is 1. The summed E-state index contributed by atoms with van der Waals surface area (Å²) in [5, 5.41) is 9.27. The Morgan fingerprint density at radius 1 is 1.07 bits per heavy atom. The van der Waals surface area contributed by atoms with Gasteiger partial charge in [-0.2, -0.15) is 0 Å². The van der Waals surface area contributed by atoms with Crippen LogP contribution in [0.4, 0.5) is 0 Å². The van der Waals surface area contributed by atoms with E-state index >= 15 is 0 Å². The number of hydrogen-bond acceptors (Lipinski definition) is 4. The van der Waals surface area contributed by atoms with Crippen molar-refractivity contribution in [1.29, 1.82) is 0 Å². The lowest BCUT2D eigenvalue weighted by Gasteiger charge is -2.32. The molecule has 1 aliphatic rings. The first-order chi connectivity index (χ1) is 13.9. The number of nitrogens with zero attached hydrogens (tertiary/aromatic N) is 3. The average Bonchev–Trinajstić information content (AvgIpc) is 3.04. The van der Waals surface area contributed by atoms with E-state index in [9.17, 15) is 4.79 Å². The van der Waals surface area contributed by atoms with Crippen LogP contribution in [0.15, 0.2) is 24.3 Å². The third-order valence-corrected chi connectivity index (χ3v) is 5.80. The molecule has 2 aromatic rings. The zero-order valence-corrected chi connectivity index (χ0v) is 19.7. The molecular formula is C25H37N3O2. The molecule has 1 aromatic carbocycles. The molecule has 3 rings (SSSR count). The van der Waals surface area contributed by atoms with Crippen molar-refractivity contribution in [2.24, 2.45) is 0 Å². The van der Waals surface area contributed by atoms with Crippen LogP contribution in [0.25, 0.3) is 0 Å². The zero-order chi connectivity index (χ0) is 22.2. The monoisotopic (exact) mass is 411 g/mol. The summed E-state index contributed by atoms with van der Waals surface area (Å²) >= 11 is 0. The van der Waals surface area contributed by atoms with Gasteiger partial charge in [-0.25, -0.2) is 9.48 Å². The van der Waals surface area contributed by atoms with E-state index in [1.165, 1.54) is 30.5 Å². The van der Waals surface area contributed by atoms with Gasteiger partial charge in [-0.05, 0) is 84.9 Å². The molecule has 0 N–H and O–H groups in total. The van der Waals surface area contributed by atoms with Gasteiger partial charge in [0.05, 0.1) is 22.5 Å². The van der Waals surface area contributed by atoms with Crippen molar-refractivity contribution in [2.45, 2.75) is 104 Å². The number of ether oxygens (including phenoxy) is 1. The van der Waals surface area contributed by atoms with E-state index in [0.29, 0.717) is 5.56 Å². The predicted octanol–water partition coefficient (Wildman–Crippen LogP) is 5.61. The number of fused-ring (bicyclic) bond motifs is 1. The zero-order valence-electron chi connectivity index (χ0n) is 19.7. The molecule has 0 spiro atoms. The predicted molar refractivity (Wildman–Crippen MR) is 120 cm³/mol. The van der Waals surface area contributed by atoms with Crippen molar-refractivity contribution >= 4 is 5.97 Å². The van der Waals surface area contributed by atoms with Crippen molar-refractivity contribution in [2.75, 3.05) is 0 Å². The lowest BCUT2D eigenvalue weighted by Crippen LogP contribution is -2.31. The van der Waals surface area contributed by atoms with Crippen LogP contribution in [0.3, 0.4) is 0 Å². The first-order valence-corrected chi connectivity index (χ1v) is 11.2. The minimum absolute atomic E-state index is 0.0628.